The molecule has 3 heteroatoms. The summed E-state index contributed by atoms with van der Waals surface area (Å²) in [5.74, 6) is -0.326. The molecule has 0 saturated carbocycles. The van der Waals surface area contributed by atoms with Crippen molar-refractivity contribution in [3.63, 3.8) is 0 Å². The van der Waals surface area contributed by atoms with E-state index in [1.807, 2.05) is 57.2 Å². The third-order valence-electron chi connectivity index (χ3n) is 1.87. The Kier molecular flexibility index (Phi) is 12.0. The number of esters is 1. The van der Waals surface area contributed by atoms with Crippen LogP contribution in [0.5, 0.6) is 0 Å². The fourth-order valence-electron chi connectivity index (χ4n) is 0.954. The minimum absolute atomic E-state index is 0.326. The fraction of sp³-hybridized carbons (Fsp3) is 0.263. The topological polar surface area (TPSA) is 50.1 Å². The Morgan fingerprint density at radius 1 is 1.23 bits per heavy atom. The van der Waals surface area contributed by atoms with Crippen LogP contribution in [-0.4, -0.2) is 11.6 Å². The molecule has 0 saturated heterocycles. The van der Waals surface area contributed by atoms with Crippen LogP contribution in [0.25, 0.3) is 6.08 Å². The van der Waals surface area contributed by atoms with Crippen molar-refractivity contribution in [3.8, 4) is 6.07 Å². The second-order valence-corrected chi connectivity index (χ2v) is 5.23. The molecule has 0 aromatic heterocycles. The summed E-state index contributed by atoms with van der Waals surface area (Å²) in [7, 11) is 0. The van der Waals surface area contributed by atoms with Crippen LogP contribution in [0.2, 0.25) is 0 Å². The summed E-state index contributed by atoms with van der Waals surface area (Å²) in [5, 5.41) is 7.51. The number of rotatable bonds is 2. The molecule has 0 aliphatic carbocycles. The number of carbonyl (C=O) groups excluding carboxylic acids is 1. The summed E-state index contributed by atoms with van der Waals surface area (Å²) in [6, 6.07) is 11.7. The van der Waals surface area contributed by atoms with Gasteiger partial charge in [0.25, 0.3) is 0 Å². The van der Waals surface area contributed by atoms with Gasteiger partial charge in [0.05, 0.1) is 6.07 Å². The van der Waals surface area contributed by atoms with Crippen molar-refractivity contribution in [2.24, 2.45) is 0 Å². The molecule has 0 radical (unpaired) electrons. The van der Waals surface area contributed by atoms with Gasteiger partial charge in [-0.15, -0.1) is 0 Å². The Hall–Kier alpha value is -2.60. The quantitative estimate of drug-likeness (QED) is 0.442. The monoisotopic (exact) mass is 299 g/mol. The van der Waals surface area contributed by atoms with Gasteiger partial charge in [0, 0.05) is 11.6 Å². The minimum atomic E-state index is -0.407. The van der Waals surface area contributed by atoms with Crippen LogP contribution in [0.15, 0.2) is 61.7 Å². The number of allylic oxidation sites excluding steroid dienone is 1. The van der Waals surface area contributed by atoms with E-state index >= 15 is 0 Å². The summed E-state index contributed by atoms with van der Waals surface area (Å²) in [6.45, 7) is 17.3. The lowest BCUT2D eigenvalue weighted by Crippen LogP contribution is -2.23. The van der Waals surface area contributed by atoms with Crippen molar-refractivity contribution in [1.29, 1.82) is 5.26 Å². The van der Waals surface area contributed by atoms with Crippen molar-refractivity contribution < 1.29 is 9.53 Å². The van der Waals surface area contributed by atoms with E-state index < -0.39 is 5.60 Å². The van der Waals surface area contributed by atoms with E-state index in [9.17, 15) is 4.79 Å². The highest BCUT2D eigenvalue weighted by atomic mass is 16.6. The van der Waals surface area contributed by atoms with Gasteiger partial charge >= 0.3 is 5.97 Å². The van der Waals surface area contributed by atoms with Gasteiger partial charge in [-0.2, -0.15) is 5.26 Å². The van der Waals surface area contributed by atoms with E-state index in [2.05, 4.69) is 19.7 Å². The Balaban J connectivity index is 0. The zero-order chi connectivity index (χ0) is 17.6. The molecule has 0 aliphatic heterocycles. The number of carbonyl (C=O) groups is 1. The van der Waals surface area contributed by atoms with Gasteiger partial charge in [-0.3, -0.25) is 0 Å². The van der Waals surface area contributed by atoms with Gasteiger partial charge < -0.3 is 4.74 Å². The molecule has 0 aliphatic rings. The molecule has 22 heavy (non-hydrogen) atoms. The summed E-state index contributed by atoms with van der Waals surface area (Å²) in [6.07, 6.45) is 3.01. The minimum Gasteiger partial charge on any atom is -0.457 e. The van der Waals surface area contributed by atoms with Crippen LogP contribution < -0.4 is 0 Å². The van der Waals surface area contributed by atoms with E-state index in [0.29, 0.717) is 5.57 Å². The smallest absolute Gasteiger partial charge is 0.333 e. The van der Waals surface area contributed by atoms with Gasteiger partial charge in [-0.05, 0) is 33.3 Å². The predicted octanol–water partition coefficient (Wildman–Crippen LogP) is 4.93. The van der Waals surface area contributed by atoms with Crippen LogP contribution in [0, 0.1) is 11.3 Å². The molecule has 1 aromatic rings. The summed E-state index contributed by atoms with van der Waals surface area (Å²) < 4.78 is 4.96. The van der Waals surface area contributed by atoms with E-state index in [4.69, 9.17) is 10.00 Å². The number of benzene rings is 1. The Labute approximate surface area is 134 Å². The molecule has 0 spiro atoms. The maximum Gasteiger partial charge on any atom is 0.333 e. The van der Waals surface area contributed by atoms with E-state index in [1.165, 1.54) is 11.6 Å². The summed E-state index contributed by atoms with van der Waals surface area (Å²) in [4.78, 5) is 10.8. The molecular formula is C19H25NO2. The molecule has 0 unspecified atom stereocenters. The number of nitriles is 1. The average molecular weight is 299 g/mol. The molecule has 1 rings (SSSR count). The number of hydrogen-bond donors (Lipinski definition) is 0. The van der Waals surface area contributed by atoms with Crippen molar-refractivity contribution in [2.45, 2.75) is 33.3 Å². The molecule has 0 amide bonds. The molecule has 0 fully saturated rings. The Morgan fingerprint density at radius 3 is 1.86 bits per heavy atom. The molecule has 0 bridgehead atoms. The molecular weight excluding hydrogens is 274 g/mol. The van der Waals surface area contributed by atoms with Gasteiger partial charge in [-0.1, -0.05) is 56.1 Å². The van der Waals surface area contributed by atoms with Gasteiger partial charge in [0.1, 0.15) is 5.60 Å². The molecule has 118 valence electrons. The second-order valence-electron chi connectivity index (χ2n) is 5.23. The van der Waals surface area contributed by atoms with Crippen LogP contribution in [0.3, 0.4) is 0 Å². The number of nitrogens with zero attached hydrogens (tertiary/aromatic N) is 1. The number of hydrogen-bond acceptors (Lipinski definition) is 3. The van der Waals surface area contributed by atoms with E-state index in [1.54, 1.807) is 13.0 Å². The van der Waals surface area contributed by atoms with Crippen molar-refractivity contribution >= 4 is 12.0 Å². The molecule has 0 heterocycles. The highest BCUT2D eigenvalue weighted by molar-refractivity contribution is 5.87. The zero-order valence-corrected chi connectivity index (χ0v) is 13.9. The Bertz CT molecular complexity index is 517. The first-order valence-electron chi connectivity index (χ1n) is 6.74. The first kappa shape index (κ1) is 21.7. The highest BCUT2D eigenvalue weighted by Crippen LogP contribution is 2.09. The van der Waals surface area contributed by atoms with Crippen LogP contribution >= 0.6 is 0 Å². The van der Waals surface area contributed by atoms with E-state index in [0.717, 1.165) is 0 Å². The third kappa shape index (κ3) is 15.5. The maximum atomic E-state index is 10.8. The maximum absolute atomic E-state index is 10.8. The Morgan fingerprint density at radius 2 is 1.68 bits per heavy atom. The lowest BCUT2D eigenvalue weighted by atomic mass is 10.2. The van der Waals surface area contributed by atoms with Gasteiger partial charge in [-0.25, -0.2) is 4.79 Å². The van der Waals surface area contributed by atoms with Crippen molar-refractivity contribution in [3.05, 3.63) is 67.3 Å². The SMILES string of the molecule is C=C(C)C(=O)OC(C)(C)C.C=CC#N.C=Cc1ccccc1. The third-order valence-corrected chi connectivity index (χ3v) is 1.87. The van der Waals surface area contributed by atoms with Gasteiger partial charge in [0.15, 0.2) is 0 Å². The molecule has 1 aromatic carbocycles. The fourth-order valence-corrected chi connectivity index (χ4v) is 0.954. The van der Waals surface area contributed by atoms with Crippen LogP contribution in [0.4, 0.5) is 0 Å². The second kappa shape index (κ2) is 12.2. The number of ether oxygens (including phenoxy) is 1. The van der Waals surface area contributed by atoms with Crippen molar-refractivity contribution in [2.75, 3.05) is 0 Å². The average Bonchev–Trinajstić information content (AvgIpc) is 2.47. The lowest BCUT2D eigenvalue weighted by molar-refractivity contribution is -0.149. The normalized spacial score (nSPS) is 8.68. The van der Waals surface area contributed by atoms with E-state index in [-0.39, 0.29) is 5.97 Å². The highest BCUT2D eigenvalue weighted by Gasteiger charge is 2.15. The van der Waals surface area contributed by atoms with Crippen LogP contribution in [-0.2, 0) is 9.53 Å². The molecule has 0 N–H and O–H groups in total. The van der Waals surface area contributed by atoms with Crippen molar-refractivity contribution in [1.82, 2.24) is 0 Å². The summed E-state index contributed by atoms with van der Waals surface area (Å²) >= 11 is 0. The zero-order valence-electron chi connectivity index (χ0n) is 13.9. The molecule has 0 atom stereocenters. The largest absolute Gasteiger partial charge is 0.457 e. The first-order valence-corrected chi connectivity index (χ1v) is 6.74. The predicted molar refractivity (Wildman–Crippen MR) is 93.0 cm³/mol. The molecule has 3 nitrogen and oxygen atoms in total. The van der Waals surface area contributed by atoms with Crippen LogP contribution in [0.1, 0.15) is 33.3 Å². The standard InChI is InChI=1S/C8H14O2.C8H8.C3H3N/c1-6(2)7(9)10-8(3,4)5;1-2-8-6-4-3-5-7-8;1-2-3-4/h1H2,2-5H3;2-7H,1H2;2H,1H2. The first-order chi connectivity index (χ1) is 10.2. The summed E-state index contributed by atoms with van der Waals surface area (Å²) in [5.41, 5.74) is 1.21. The van der Waals surface area contributed by atoms with Gasteiger partial charge in [0.2, 0.25) is 0 Å². The lowest BCUT2D eigenvalue weighted by Gasteiger charge is -2.19.